The number of nitrogens with zero attached hydrogens (tertiary/aromatic N) is 1. The van der Waals surface area contributed by atoms with E-state index in [2.05, 4.69) is 26.0 Å². The Morgan fingerprint density at radius 2 is 0.797 bits per heavy atom. The van der Waals surface area contributed by atoms with Crippen LogP contribution in [0.15, 0.2) is 12.2 Å². The monoisotopic (exact) mass is 929 g/mol. The lowest BCUT2D eigenvalue weighted by Gasteiger charge is -2.24. The summed E-state index contributed by atoms with van der Waals surface area (Å²) in [5.74, 6) is -0.781. The fourth-order valence-electron chi connectivity index (χ4n) is 8.01. The molecule has 9 nitrogen and oxygen atoms in total. The Labute approximate surface area is 396 Å². The van der Waals surface area contributed by atoms with Gasteiger partial charge in [0.2, 0.25) is 0 Å². The van der Waals surface area contributed by atoms with E-state index in [1.165, 1.54) is 205 Å². The molecule has 0 aromatic rings. The number of phosphoric ester groups is 1. The first kappa shape index (κ1) is 62.8. The van der Waals surface area contributed by atoms with Crippen LogP contribution in [0.3, 0.4) is 0 Å². The van der Waals surface area contributed by atoms with Gasteiger partial charge in [-0.15, -0.1) is 0 Å². The van der Waals surface area contributed by atoms with Crippen molar-refractivity contribution < 1.29 is 42.1 Å². The molecular formula is C54H107NO8P+. The van der Waals surface area contributed by atoms with Gasteiger partial charge in [0.05, 0.1) is 27.7 Å². The number of carbonyl (C=O) groups is 2. The summed E-state index contributed by atoms with van der Waals surface area (Å²) in [5.41, 5.74) is 0. The van der Waals surface area contributed by atoms with Gasteiger partial charge in [-0.25, -0.2) is 4.57 Å². The number of phosphoric acid groups is 1. The van der Waals surface area contributed by atoms with Crippen LogP contribution >= 0.6 is 7.82 Å². The zero-order valence-electron chi connectivity index (χ0n) is 43.0. The summed E-state index contributed by atoms with van der Waals surface area (Å²) < 4.78 is 34.5. The first-order valence-electron chi connectivity index (χ1n) is 27.4. The topological polar surface area (TPSA) is 108 Å². The minimum Gasteiger partial charge on any atom is -0.462 e. The van der Waals surface area contributed by atoms with Gasteiger partial charge in [0, 0.05) is 12.8 Å². The van der Waals surface area contributed by atoms with Gasteiger partial charge in [0.1, 0.15) is 19.8 Å². The van der Waals surface area contributed by atoms with Crippen LogP contribution < -0.4 is 0 Å². The zero-order chi connectivity index (χ0) is 47.1. The van der Waals surface area contributed by atoms with E-state index in [1.807, 2.05) is 21.1 Å². The van der Waals surface area contributed by atoms with E-state index in [9.17, 15) is 19.0 Å². The van der Waals surface area contributed by atoms with E-state index in [-0.39, 0.29) is 25.6 Å². The first-order valence-corrected chi connectivity index (χ1v) is 28.9. The van der Waals surface area contributed by atoms with E-state index in [0.717, 1.165) is 32.1 Å². The Bertz CT molecular complexity index is 1100. The van der Waals surface area contributed by atoms with Crippen molar-refractivity contribution in [3.63, 3.8) is 0 Å². The minimum atomic E-state index is -4.38. The van der Waals surface area contributed by atoms with E-state index >= 15 is 0 Å². The Balaban J connectivity index is 4.17. The van der Waals surface area contributed by atoms with Gasteiger partial charge in [-0.3, -0.25) is 18.6 Å². The predicted octanol–water partition coefficient (Wildman–Crippen LogP) is 16.5. The molecule has 0 saturated heterocycles. The normalized spacial score (nSPS) is 13.4. The number of unbranched alkanes of at least 4 members (excludes halogenated alkanes) is 35. The Hall–Kier alpha value is -1.25. The van der Waals surface area contributed by atoms with Crippen LogP contribution in [-0.4, -0.2) is 74.9 Å². The molecule has 0 heterocycles. The van der Waals surface area contributed by atoms with E-state index in [4.69, 9.17) is 18.5 Å². The van der Waals surface area contributed by atoms with Gasteiger partial charge in [-0.05, 0) is 38.5 Å². The average Bonchev–Trinajstić information content (AvgIpc) is 3.25. The summed E-state index contributed by atoms with van der Waals surface area (Å²) in [6.07, 6.45) is 52.6. The Morgan fingerprint density at radius 3 is 1.16 bits per heavy atom. The number of hydrogen-bond donors (Lipinski definition) is 1. The molecule has 2 atom stereocenters. The highest BCUT2D eigenvalue weighted by molar-refractivity contribution is 7.47. The Kier molecular flexibility index (Phi) is 45.9. The lowest BCUT2D eigenvalue weighted by molar-refractivity contribution is -0.870. The second-order valence-corrected chi connectivity index (χ2v) is 21.4. The van der Waals surface area contributed by atoms with Crippen molar-refractivity contribution in [2.75, 3.05) is 47.5 Å². The molecule has 0 saturated carbocycles. The van der Waals surface area contributed by atoms with Gasteiger partial charge in [0.25, 0.3) is 0 Å². The van der Waals surface area contributed by atoms with E-state index in [0.29, 0.717) is 23.9 Å². The molecule has 1 N–H and O–H groups in total. The number of quaternary nitrogens is 1. The molecule has 0 aliphatic heterocycles. The second kappa shape index (κ2) is 46.8. The maximum atomic E-state index is 12.8. The van der Waals surface area contributed by atoms with Crippen molar-refractivity contribution in [2.45, 2.75) is 277 Å². The molecule has 0 bridgehead atoms. The number of esters is 2. The van der Waals surface area contributed by atoms with E-state index < -0.39 is 26.5 Å². The third-order valence-corrected chi connectivity index (χ3v) is 13.3. The van der Waals surface area contributed by atoms with Crippen molar-refractivity contribution in [3.05, 3.63) is 12.2 Å². The summed E-state index contributed by atoms with van der Waals surface area (Å²) in [6, 6.07) is 0. The van der Waals surface area contributed by atoms with Crippen molar-refractivity contribution in [3.8, 4) is 0 Å². The predicted molar refractivity (Wildman–Crippen MR) is 271 cm³/mol. The number of ether oxygens (including phenoxy) is 2. The SMILES string of the molecule is CCCCCCCC/C=C\CCCCCCCCCCCCCC(=O)O[C@H](COC(=O)CCCCCCCCCCCCCCCCCCCCC)COP(=O)(O)OCC[N+](C)(C)C. The van der Waals surface area contributed by atoms with Crippen molar-refractivity contribution in [1.82, 2.24) is 0 Å². The lowest BCUT2D eigenvalue weighted by atomic mass is 10.0. The highest BCUT2D eigenvalue weighted by Crippen LogP contribution is 2.43. The largest absolute Gasteiger partial charge is 0.472 e. The van der Waals surface area contributed by atoms with Gasteiger partial charge < -0.3 is 18.9 Å². The quantitative estimate of drug-likeness (QED) is 0.0211. The number of likely N-dealkylation sites (N-methyl/N-ethyl adjacent to an activating group) is 1. The van der Waals surface area contributed by atoms with Crippen LogP contribution in [0.1, 0.15) is 271 Å². The summed E-state index contributed by atoms with van der Waals surface area (Å²) in [5, 5.41) is 0. The highest BCUT2D eigenvalue weighted by atomic mass is 31.2. The first-order chi connectivity index (χ1) is 31.0. The van der Waals surface area contributed by atoms with Gasteiger partial charge >= 0.3 is 19.8 Å². The number of carbonyl (C=O) groups excluding carboxylic acids is 2. The van der Waals surface area contributed by atoms with Gasteiger partial charge in [0.15, 0.2) is 6.10 Å². The molecule has 10 heteroatoms. The third-order valence-electron chi connectivity index (χ3n) is 12.3. The van der Waals surface area contributed by atoms with E-state index in [1.54, 1.807) is 0 Å². The molecule has 0 aromatic carbocycles. The summed E-state index contributed by atoms with van der Waals surface area (Å²) >= 11 is 0. The molecule has 0 aliphatic rings. The molecule has 0 fully saturated rings. The van der Waals surface area contributed by atoms with Crippen LogP contribution in [-0.2, 0) is 32.7 Å². The fourth-order valence-corrected chi connectivity index (χ4v) is 8.75. The molecule has 0 aliphatic carbocycles. The summed E-state index contributed by atoms with van der Waals surface area (Å²) in [7, 11) is 1.49. The molecule has 0 aromatic heterocycles. The lowest BCUT2D eigenvalue weighted by Crippen LogP contribution is -2.37. The maximum absolute atomic E-state index is 12.8. The van der Waals surface area contributed by atoms with Crippen molar-refractivity contribution in [2.24, 2.45) is 0 Å². The van der Waals surface area contributed by atoms with Crippen LogP contribution in [0.4, 0.5) is 0 Å². The Morgan fingerprint density at radius 1 is 0.469 bits per heavy atom. The van der Waals surface area contributed by atoms with Gasteiger partial charge in [-0.1, -0.05) is 231 Å². The second-order valence-electron chi connectivity index (χ2n) is 20.0. The van der Waals surface area contributed by atoms with Gasteiger partial charge in [-0.2, -0.15) is 0 Å². The molecule has 0 amide bonds. The van der Waals surface area contributed by atoms with Crippen LogP contribution in [0.5, 0.6) is 0 Å². The number of hydrogen-bond acceptors (Lipinski definition) is 7. The standard InChI is InChI=1S/C54H106NO8P/c1-6-8-10-12-14-16-18-20-22-24-26-27-29-31-33-35-37-39-41-43-45-47-54(57)63-52(51-62-64(58,59)61-49-48-55(3,4)5)50-60-53(56)46-44-42-40-38-36-34-32-30-28-25-23-21-19-17-15-13-11-9-7-2/h20,22,52H,6-19,21,23-51H2,1-5H3/p+1/b22-20-/t52-/m1/s1. The van der Waals surface area contributed by atoms with Crippen LogP contribution in [0, 0.1) is 0 Å². The molecular weight excluding hydrogens is 822 g/mol. The summed E-state index contributed by atoms with van der Waals surface area (Å²) in [6.45, 7) is 4.48. The summed E-state index contributed by atoms with van der Waals surface area (Å²) in [4.78, 5) is 35.6. The molecule has 0 rings (SSSR count). The molecule has 1 unspecified atom stereocenters. The third kappa shape index (κ3) is 50.2. The smallest absolute Gasteiger partial charge is 0.462 e. The van der Waals surface area contributed by atoms with Crippen molar-refractivity contribution in [1.29, 1.82) is 0 Å². The molecule has 64 heavy (non-hydrogen) atoms. The highest BCUT2D eigenvalue weighted by Gasteiger charge is 2.27. The fraction of sp³-hybridized carbons (Fsp3) is 0.926. The van der Waals surface area contributed by atoms with Crippen LogP contribution in [0.2, 0.25) is 0 Å². The number of allylic oxidation sites excluding steroid dienone is 2. The molecule has 380 valence electrons. The maximum Gasteiger partial charge on any atom is 0.472 e. The minimum absolute atomic E-state index is 0.0354. The molecule has 0 spiro atoms. The van der Waals surface area contributed by atoms with Crippen molar-refractivity contribution >= 4 is 19.8 Å². The average molecular weight is 929 g/mol. The van der Waals surface area contributed by atoms with Crippen LogP contribution in [0.25, 0.3) is 0 Å². The zero-order valence-corrected chi connectivity index (χ0v) is 43.9. The molecule has 0 radical (unpaired) electrons. The number of rotatable bonds is 51.